The molecule has 0 aliphatic heterocycles. The maximum Gasteiger partial charge on any atom is 0.00858 e. The topological polar surface area (TPSA) is 0 Å². The van der Waals surface area contributed by atoms with Gasteiger partial charge in [-0.05, 0) is 42.4 Å². The summed E-state index contributed by atoms with van der Waals surface area (Å²) < 4.78 is 0. The fourth-order valence-electron chi connectivity index (χ4n) is 1.65. The van der Waals surface area contributed by atoms with Gasteiger partial charge in [0.05, 0.1) is 0 Å². The SMILES string of the molecule is Cc1cccc(C)c1CC(C)(C)CBr. The molecule has 0 heterocycles. The van der Waals surface area contributed by atoms with E-state index in [0.29, 0.717) is 5.41 Å². The fraction of sp³-hybridized carbons (Fsp3) is 0.538. The molecule has 0 saturated carbocycles. The van der Waals surface area contributed by atoms with Crippen LogP contribution in [0.2, 0.25) is 0 Å². The summed E-state index contributed by atoms with van der Waals surface area (Å²) in [6, 6.07) is 6.54. The molecule has 0 saturated heterocycles. The summed E-state index contributed by atoms with van der Waals surface area (Å²) in [7, 11) is 0. The van der Waals surface area contributed by atoms with Gasteiger partial charge < -0.3 is 0 Å². The molecule has 0 spiro atoms. The molecular weight excluding hydrogens is 236 g/mol. The highest BCUT2D eigenvalue weighted by Crippen LogP contribution is 2.27. The zero-order valence-corrected chi connectivity index (χ0v) is 11.1. The number of benzene rings is 1. The molecule has 0 unspecified atom stereocenters. The second kappa shape index (κ2) is 4.48. The number of hydrogen-bond donors (Lipinski definition) is 0. The Morgan fingerprint density at radius 1 is 1.14 bits per heavy atom. The maximum atomic E-state index is 3.58. The van der Waals surface area contributed by atoms with Crippen molar-refractivity contribution in [1.82, 2.24) is 0 Å². The number of rotatable bonds is 3. The Hall–Kier alpha value is -0.300. The smallest absolute Gasteiger partial charge is 0.00858 e. The van der Waals surface area contributed by atoms with Crippen molar-refractivity contribution in [2.75, 3.05) is 5.33 Å². The second-order valence-corrected chi connectivity index (χ2v) is 5.41. The molecule has 0 aromatic heterocycles. The molecule has 0 fully saturated rings. The Morgan fingerprint density at radius 2 is 1.64 bits per heavy atom. The normalized spacial score (nSPS) is 11.8. The minimum Gasteiger partial charge on any atom is -0.0922 e. The van der Waals surface area contributed by atoms with Gasteiger partial charge in [0.2, 0.25) is 0 Å². The number of aryl methyl sites for hydroxylation is 2. The molecule has 1 aromatic carbocycles. The van der Waals surface area contributed by atoms with Crippen LogP contribution in [-0.4, -0.2) is 5.33 Å². The minimum absolute atomic E-state index is 0.344. The number of alkyl halides is 1. The molecule has 14 heavy (non-hydrogen) atoms. The lowest BCUT2D eigenvalue weighted by Gasteiger charge is -2.23. The molecule has 0 atom stereocenters. The predicted molar refractivity (Wildman–Crippen MR) is 67.2 cm³/mol. The van der Waals surface area contributed by atoms with Crippen molar-refractivity contribution in [2.45, 2.75) is 34.1 Å². The predicted octanol–water partition coefficient (Wildman–Crippen LogP) is 4.27. The van der Waals surface area contributed by atoms with Gasteiger partial charge in [0.25, 0.3) is 0 Å². The molecule has 1 aromatic rings. The van der Waals surface area contributed by atoms with Gasteiger partial charge in [-0.1, -0.05) is 48.0 Å². The van der Waals surface area contributed by atoms with E-state index in [0.717, 1.165) is 11.8 Å². The van der Waals surface area contributed by atoms with Crippen LogP contribution in [0.25, 0.3) is 0 Å². The van der Waals surface area contributed by atoms with Crippen LogP contribution in [0.1, 0.15) is 30.5 Å². The Kier molecular flexibility index (Phi) is 3.77. The highest BCUT2D eigenvalue weighted by Gasteiger charge is 2.18. The van der Waals surface area contributed by atoms with Crippen LogP contribution in [0.5, 0.6) is 0 Å². The maximum absolute atomic E-state index is 3.58. The van der Waals surface area contributed by atoms with Crippen LogP contribution in [0.3, 0.4) is 0 Å². The lowest BCUT2D eigenvalue weighted by molar-refractivity contribution is 0.423. The van der Waals surface area contributed by atoms with Gasteiger partial charge in [-0.15, -0.1) is 0 Å². The van der Waals surface area contributed by atoms with Crippen molar-refractivity contribution in [3.05, 3.63) is 34.9 Å². The Balaban J connectivity index is 2.97. The first kappa shape index (κ1) is 11.8. The van der Waals surface area contributed by atoms with E-state index in [1.54, 1.807) is 0 Å². The number of halogens is 1. The quantitative estimate of drug-likeness (QED) is 0.707. The van der Waals surface area contributed by atoms with Crippen molar-refractivity contribution in [1.29, 1.82) is 0 Å². The van der Waals surface area contributed by atoms with Gasteiger partial charge in [-0.2, -0.15) is 0 Å². The van der Waals surface area contributed by atoms with E-state index in [1.165, 1.54) is 16.7 Å². The molecule has 0 N–H and O–H groups in total. The highest BCUT2D eigenvalue weighted by molar-refractivity contribution is 9.09. The third kappa shape index (κ3) is 2.84. The molecule has 0 bridgehead atoms. The van der Waals surface area contributed by atoms with Crippen molar-refractivity contribution < 1.29 is 0 Å². The van der Waals surface area contributed by atoms with Crippen LogP contribution < -0.4 is 0 Å². The van der Waals surface area contributed by atoms with E-state index < -0.39 is 0 Å². The fourth-order valence-corrected chi connectivity index (χ4v) is 1.85. The van der Waals surface area contributed by atoms with Crippen LogP contribution in [0.15, 0.2) is 18.2 Å². The van der Waals surface area contributed by atoms with Crippen LogP contribution in [0.4, 0.5) is 0 Å². The van der Waals surface area contributed by atoms with Gasteiger partial charge in [-0.3, -0.25) is 0 Å². The van der Waals surface area contributed by atoms with Crippen molar-refractivity contribution in [2.24, 2.45) is 5.41 Å². The summed E-state index contributed by atoms with van der Waals surface area (Å²) in [6.45, 7) is 9.00. The van der Waals surface area contributed by atoms with Crippen LogP contribution in [0, 0.1) is 19.3 Å². The Bertz CT molecular complexity index is 293. The lowest BCUT2D eigenvalue weighted by atomic mass is 9.84. The molecule has 78 valence electrons. The summed E-state index contributed by atoms with van der Waals surface area (Å²) in [5.41, 5.74) is 4.69. The standard InChI is InChI=1S/C13H19Br/c1-10-6-5-7-11(2)12(10)8-13(3,4)9-14/h5-7H,8-9H2,1-4H3. The van der Waals surface area contributed by atoms with Crippen molar-refractivity contribution in [3.63, 3.8) is 0 Å². The van der Waals surface area contributed by atoms with E-state index in [1.807, 2.05) is 0 Å². The molecule has 1 heteroatoms. The first-order valence-electron chi connectivity index (χ1n) is 5.07. The Labute approximate surface area is 95.9 Å². The largest absolute Gasteiger partial charge is 0.0922 e. The first-order valence-corrected chi connectivity index (χ1v) is 6.19. The van der Waals surface area contributed by atoms with E-state index in [-0.39, 0.29) is 0 Å². The third-order valence-corrected chi connectivity index (χ3v) is 4.18. The van der Waals surface area contributed by atoms with Crippen LogP contribution in [-0.2, 0) is 6.42 Å². The molecule has 0 radical (unpaired) electrons. The summed E-state index contributed by atoms with van der Waals surface area (Å²) >= 11 is 3.58. The van der Waals surface area contributed by atoms with E-state index in [4.69, 9.17) is 0 Å². The lowest BCUT2D eigenvalue weighted by Crippen LogP contribution is -2.17. The summed E-state index contributed by atoms with van der Waals surface area (Å²) in [5.74, 6) is 0. The zero-order chi connectivity index (χ0) is 10.8. The van der Waals surface area contributed by atoms with Crippen molar-refractivity contribution in [3.8, 4) is 0 Å². The van der Waals surface area contributed by atoms with E-state index in [9.17, 15) is 0 Å². The zero-order valence-electron chi connectivity index (χ0n) is 9.52. The van der Waals surface area contributed by atoms with E-state index in [2.05, 4.69) is 61.8 Å². The average molecular weight is 255 g/mol. The monoisotopic (exact) mass is 254 g/mol. The molecule has 0 amide bonds. The van der Waals surface area contributed by atoms with Gasteiger partial charge in [-0.25, -0.2) is 0 Å². The first-order chi connectivity index (χ1) is 6.46. The number of hydrogen-bond acceptors (Lipinski definition) is 0. The Morgan fingerprint density at radius 3 is 2.07 bits per heavy atom. The highest BCUT2D eigenvalue weighted by atomic mass is 79.9. The second-order valence-electron chi connectivity index (χ2n) is 4.84. The molecule has 0 nitrogen and oxygen atoms in total. The van der Waals surface area contributed by atoms with Gasteiger partial charge in [0.15, 0.2) is 0 Å². The molecule has 0 aliphatic carbocycles. The third-order valence-electron chi connectivity index (χ3n) is 2.66. The molecular formula is C13H19Br. The van der Waals surface area contributed by atoms with Gasteiger partial charge in [0.1, 0.15) is 0 Å². The van der Waals surface area contributed by atoms with Crippen LogP contribution >= 0.6 is 15.9 Å². The summed E-state index contributed by atoms with van der Waals surface area (Å²) in [6.07, 6.45) is 1.15. The molecule has 0 aliphatic rings. The van der Waals surface area contributed by atoms with E-state index >= 15 is 0 Å². The van der Waals surface area contributed by atoms with Gasteiger partial charge >= 0.3 is 0 Å². The molecule has 1 rings (SSSR count). The summed E-state index contributed by atoms with van der Waals surface area (Å²) in [4.78, 5) is 0. The summed E-state index contributed by atoms with van der Waals surface area (Å²) in [5, 5.41) is 1.05. The van der Waals surface area contributed by atoms with Gasteiger partial charge in [0, 0.05) is 5.33 Å². The average Bonchev–Trinajstić information content (AvgIpc) is 2.12. The van der Waals surface area contributed by atoms with Crippen molar-refractivity contribution >= 4 is 15.9 Å². The minimum atomic E-state index is 0.344.